The van der Waals surface area contributed by atoms with Gasteiger partial charge < -0.3 is 56.8 Å². The molecule has 0 aromatic carbocycles. The molecule has 4 rings (SSSR count). The predicted octanol–water partition coefficient (Wildman–Crippen LogP) is 2.05. The first-order valence-electron chi connectivity index (χ1n) is 26.0. The van der Waals surface area contributed by atoms with Crippen LogP contribution in [0, 0.1) is 40.9 Å². The zero-order valence-corrected chi connectivity index (χ0v) is 42.0. The number of carbonyl (C=O) groups is 4. The fourth-order valence-corrected chi connectivity index (χ4v) is 12.0. The molecule has 394 valence electrons. The van der Waals surface area contributed by atoms with Gasteiger partial charge in [0.1, 0.15) is 0 Å². The molecule has 3 saturated carbocycles. The summed E-state index contributed by atoms with van der Waals surface area (Å²) in [4.78, 5) is 55.5. The lowest BCUT2D eigenvalue weighted by molar-refractivity contribution is -0.196. The maximum atomic E-state index is 13.4. The molecule has 19 nitrogen and oxygen atoms in total. The van der Waals surface area contributed by atoms with Crippen molar-refractivity contribution in [3.05, 3.63) is 0 Å². The van der Waals surface area contributed by atoms with Crippen molar-refractivity contribution in [3.8, 4) is 0 Å². The number of fused-ring (bicyclic) bond motifs is 1. The third-order valence-electron chi connectivity index (χ3n) is 15.9. The predicted molar refractivity (Wildman–Crippen MR) is 260 cm³/mol. The van der Waals surface area contributed by atoms with Crippen LogP contribution in [0.25, 0.3) is 0 Å². The molecule has 7 unspecified atom stereocenters. The molecule has 4 aliphatic rings. The van der Waals surface area contributed by atoms with Gasteiger partial charge in [0.05, 0.1) is 45.0 Å². The molecular formula is C49H92N8O11. The van der Waals surface area contributed by atoms with E-state index in [1.165, 1.54) is 6.42 Å². The van der Waals surface area contributed by atoms with Crippen LogP contribution in [0.1, 0.15) is 97.3 Å². The zero-order valence-electron chi connectivity index (χ0n) is 42.0. The molecule has 0 radical (unpaired) electrons. The van der Waals surface area contributed by atoms with Gasteiger partial charge in [-0.1, -0.05) is 13.8 Å². The highest BCUT2D eigenvalue weighted by Crippen LogP contribution is 2.61. The Morgan fingerprint density at radius 1 is 0.691 bits per heavy atom. The van der Waals surface area contributed by atoms with Crippen molar-refractivity contribution in [2.45, 2.75) is 116 Å². The Balaban J connectivity index is 1.38. The van der Waals surface area contributed by atoms with Crippen LogP contribution >= 0.6 is 0 Å². The van der Waals surface area contributed by atoms with Gasteiger partial charge in [0, 0.05) is 85.6 Å². The number of aliphatic carboxylic acids is 3. The van der Waals surface area contributed by atoms with Gasteiger partial charge in [0.2, 0.25) is 5.91 Å². The number of nitrogens with zero attached hydrogens (tertiary/aromatic N) is 4. The molecule has 68 heavy (non-hydrogen) atoms. The van der Waals surface area contributed by atoms with Gasteiger partial charge in [-0.3, -0.25) is 38.8 Å². The highest BCUT2D eigenvalue weighted by atomic mass is 16.7. The molecule has 1 saturated heterocycles. The minimum absolute atomic E-state index is 0.0901. The molecular weight excluding hydrogens is 877 g/mol. The van der Waals surface area contributed by atoms with Gasteiger partial charge in [-0.2, -0.15) is 0 Å². The van der Waals surface area contributed by atoms with Crippen LogP contribution in [0.15, 0.2) is 0 Å². The van der Waals surface area contributed by atoms with Gasteiger partial charge in [-0.05, 0) is 138 Å². The summed E-state index contributed by atoms with van der Waals surface area (Å²) in [5, 5.41) is 31.7. The molecule has 19 heteroatoms. The summed E-state index contributed by atoms with van der Waals surface area (Å²) in [7, 11) is 1.76. The summed E-state index contributed by atoms with van der Waals surface area (Å²) < 4.78 is 25.7. The second-order valence-electron chi connectivity index (χ2n) is 20.6. The fraction of sp³-hybridized carbons (Fsp3) is 0.918. The molecule has 10 N–H and O–H groups in total. The van der Waals surface area contributed by atoms with Crippen molar-refractivity contribution < 1.29 is 53.4 Å². The number of carbonyl (C=O) groups excluding carboxylic acids is 1. The number of rotatable bonds is 29. The van der Waals surface area contributed by atoms with Crippen LogP contribution in [0.5, 0.6) is 0 Å². The number of hydrogen-bond donors (Lipinski definition) is 7. The van der Waals surface area contributed by atoms with E-state index in [1.54, 1.807) is 21.8 Å². The van der Waals surface area contributed by atoms with E-state index < -0.39 is 17.9 Å². The van der Waals surface area contributed by atoms with Crippen LogP contribution in [-0.4, -0.2) is 209 Å². The van der Waals surface area contributed by atoms with Gasteiger partial charge in [0.25, 0.3) is 0 Å². The lowest BCUT2D eigenvalue weighted by Gasteiger charge is -2.59. The number of nitrogens with one attached hydrogen (secondary N) is 1. The van der Waals surface area contributed by atoms with Crippen molar-refractivity contribution in [2.24, 2.45) is 58.1 Å². The second kappa shape index (κ2) is 31.0. The molecule has 0 bridgehead atoms. The Kier molecular flexibility index (Phi) is 26.5. The van der Waals surface area contributed by atoms with E-state index in [4.69, 9.17) is 36.1 Å². The number of carboxylic acid groups (broad SMARTS) is 3. The summed E-state index contributed by atoms with van der Waals surface area (Å²) >= 11 is 0. The van der Waals surface area contributed by atoms with Crippen molar-refractivity contribution in [3.63, 3.8) is 0 Å². The molecule has 10 atom stereocenters. The monoisotopic (exact) mass is 969 g/mol. The van der Waals surface area contributed by atoms with Crippen LogP contribution in [0.3, 0.4) is 0 Å². The second-order valence-corrected chi connectivity index (χ2v) is 20.6. The van der Waals surface area contributed by atoms with E-state index in [2.05, 4.69) is 19.2 Å². The number of nitrogens with two attached hydrogens (primary N) is 3. The van der Waals surface area contributed by atoms with E-state index in [-0.39, 0.29) is 56.0 Å². The van der Waals surface area contributed by atoms with E-state index in [9.17, 15) is 34.5 Å². The molecule has 1 aliphatic heterocycles. The summed E-state index contributed by atoms with van der Waals surface area (Å²) in [5.74, 6) is -0.374. The quantitative estimate of drug-likeness (QED) is 0.0418. The van der Waals surface area contributed by atoms with Crippen LogP contribution in [0.2, 0.25) is 0 Å². The highest BCUT2D eigenvalue weighted by molar-refractivity contribution is 5.78. The first-order valence-corrected chi connectivity index (χ1v) is 26.0. The lowest BCUT2D eigenvalue weighted by Crippen LogP contribution is -2.56. The van der Waals surface area contributed by atoms with E-state index >= 15 is 0 Å². The SMILES string of the molecule is CO[C@H](CC1C(C2CCC([C@H](C)CCCNC(=O)CN3CCN(CC(=O)O)CCN(CC(=O)O)CCN(CC(=O)O)CC3)C2)C(OCCCN)CC2C[C@H](OCCCN)CCC21C)OCCCN. The average molecular weight is 969 g/mol. The molecule has 0 aromatic rings. The lowest BCUT2D eigenvalue weighted by atomic mass is 9.49. The maximum absolute atomic E-state index is 13.4. The summed E-state index contributed by atoms with van der Waals surface area (Å²) in [6.45, 7) is 11.5. The van der Waals surface area contributed by atoms with Crippen LogP contribution in [-0.2, 0) is 38.1 Å². The number of amides is 1. The Morgan fingerprint density at radius 2 is 1.22 bits per heavy atom. The number of hydrogen-bond acceptors (Lipinski definition) is 15. The first-order chi connectivity index (χ1) is 32.7. The molecule has 1 heterocycles. The zero-order chi connectivity index (χ0) is 49.5. The van der Waals surface area contributed by atoms with Gasteiger partial charge in [0.15, 0.2) is 6.29 Å². The van der Waals surface area contributed by atoms with E-state index in [0.717, 1.165) is 77.0 Å². The number of methoxy groups -OCH3 is 1. The standard InChI is InChI=1S/C49H92N8O11/c1-36(8-4-16-53-43(58)32-54-17-19-55(33-44(59)60)21-23-57(35-46(63)64)24-22-56(20-18-54)34-45(61)62)37-9-10-38(28-37)48-41(31-47(65-3)68-27-7-15-52)49(2)12-11-40(66-25-5-13-50)29-39(49)30-42(48)67-26-6-14-51/h36-42,47-48H,4-35,50-52H2,1-3H3,(H,53,58)(H,59,60)(H,61,62)(H,63,64)/t36-,37?,38?,39?,40-,41?,42?,47+,48?,49?/m1/s1. The van der Waals surface area contributed by atoms with Gasteiger partial charge in [-0.15, -0.1) is 0 Å². The summed E-state index contributed by atoms with van der Waals surface area (Å²) in [6, 6.07) is 0. The van der Waals surface area contributed by atoms with Crippen LogP contribution < -0.4 is 22.5 Å². The van der Waals surface area contributed by atoms with E-state index in [1.807, 2.05) is 4.90 Å². The molecule has 4 fully saturated rings. The molecule has 0 spiro atoms. The average Bonchev–Trinajstić information content (AvgIpc) is 3.78. The van der Waals surface area contributed by atoms with Gasteiger partial charge >= 0.3 is 17.9 Å². The Labute approximate surface area is 406 Å². The van der Waals surface area contributed by atoms with Crippen molar-refractivity contribution in [1.29, 1.82) is 0 Å². The largest absolute Gasteiger partial charge is 0.480 e. The first kappa shape index (κ1) is 58.0. The summed E-state index contributed by atoms with van der Waals surface area (Å²) in [6.07, 6.45) is 12.8. The summed E-state index contributed by atoms with van der Waals surface area (Å²) in [5.41, 5.74) is 17.7. The maximum Gasteiger partial charge on any atom is 0.317 e. The fourth-order valence-electron chi connectivity index (χ4n) is 12.0. The molecule has 3 aliphatic carbocycles. The minimum Gasteiger partial charge on any atom is -0.480 e. The number of carboxylic acids is 3. The van der Waals surface area contributed by atoms with Crippen molar-refractivity contribution in [2.75, 3.05) is 132 Å². The van der Waals surface area contributed by atoms with E-state index in [0.29, 0.717) is 134 Å². The smallest absolute Gasteiger partial charge is 0.317 e. The third-order valence-corrected chi connectivity index (χ3v) is 15.9. The normalized spacial score (nSPS) is 29.4. The van der Waals surface area contributed by atoms with Crippen molar-refractivity contribution in [1.82, 2.24) is 24.9 Å². The van der Waals surface area contributed by atoms with Crippen molar-refractivity contribution >= 4 is 23.8 Å². The highest BCUT2D eigenvalue weighted by Gasteiger charge is 2.57. The Bertz CT molecular complexity index is 1460. The Morgan fingerprint density at radius 3 is 1.75 bits per heavy atom. The van der Waals surface area contributed by atoms with Crippen LogP contribution in [0.4, 0.5) is 0 Å². The topological polar surface area (TPSA) is 269 Å². The number of ether oxygens (including phenoxy) is 4. The molecule has 0 aromatic heterocycles. The third kappa shape index (κ3) is 19.6. The van der Waals surface area contributed by atoms with Gasteiger partial charge in [-0.25, -0.2) is 0 Å². The molecule has 1 amide bonds. The Hall–Kier alpha value is -2.56. The minimum atomic E-state index is -1.00.